The number of rotatable bonds is 8. The Morgan fingerprint density at radius 3 is 2.38 bits per heavy atom. The molecule has 0 radical (unpaired) electrons. The number of hydrogen-bond donors (Lipinski definition) is 1. The van der Waals surface area contributed by atoms with Gasteiger partial charge in [0.1, 0.15) is 0 Å². The molecule has 1 fully saturated rings. The van der Waals surface area contributed by atoms with Gasteiger partial charge in [-0.15, -0.1) is 0 Å². The summed E-state index contributed by atoms with van der Waals surface area (Å²) in [7, 11) is 0. The fourth-order valence-electron chi connectivity index (χ4n) is 3.27. The van der Waals surface area contributed by atoms with E-state index in [9.17, 15) is 9.90 Å². The third kappa shape index (κ3) is 11.7. The second kappa shape index (κ2) is 13.5. The molecule has 0 spiro atoms. The molecule has 24 heavy (non-hydrogen) atoms. The van der Waals surface area contributed by atoms with Crippen molar-refractivity contribution in [3.05, 3.63) is 11.6 Å². The third-order valence-electron chi connectivity index (χ3n) is 5.00. The zero-order valence-electron chi connectivity index (χ0n) is 16.8. The first kappa shape index (κ1) is 23.2. The maximum Gasteiger partial charge on any atom is 0.293 e. The molecule has 1 N–H and O–H groups in total. The van der Waals surface area contributed by atoms with Gasteiger partial charge in [-0.2, -0.15) is 0 Å². The van der Waals surface area contributed by atoms with Gasteiger partial charge >= 0.3 is 0 Å². The molecule has 142 valence electrons. The predicted molar refractivity (Wildman–Crippen MR) is 102 cm³/mol. The van der Waals surface area contributed by atoms with Crippen molar-refractivity contribution in [2.45, 2.75) is 86.2 Å². The SMILES string of the molecule is CC(C)=CCCC(C)CCOC=O.CC1CCC(C(C)C)C(O)C1. The first-order valence-corrected chi connectivity index (χ1v) is 9.64. The van der Waals surface area contributed by atoms with Crippen LogP contribution in [0.5, 0.6) is 0 Å². The third-order valence-corrected chi connectivity index (χ3v) is 5.00. The van der Waals surface area contributed by atoms with Gasteiger partial charge in [-0.1, -0.05) is 45.8 Å². The molecular formula is C21H40O3. The Kier molecular flexibility index (Phi) is 13.0. The van der Waals surface area contributed by atoms with Crippen LogP contribution in [0.2, 0.25) is 0 Å². The van der Waals surface area contributed by atoms with Gasteiger partial charge in [0.05, 0.1) is 12.7 Å². The summed E-state index contributed by atoms with van der Waals surface area (Å²) in [6.45, 7) is 14.1. The molecule has 0 heterocycles. The lowest BCUT2D eigenvalue weighted by Gasteiger charge is -2.33. The Labute approximate surface area is 149 Å². The fourth-order valence-corrected chi connectivity index (χ4v) is 3.27. The highest BCUT2D eigenvalue weighted by atomic mass is 16.5. The summed E-state index contributed by atoms with van der Waals surface area (Å²) in [6.07, 6.45) is 9.03. The van der Waals surface area contributed by atoms with Crippen molar-refractivity contribution in [2.24, 2.45) is 23.7 Å². The van der Waals surface area contributed by atoms with Crippen LogP contribution in [-0.4, -0.2) is 24.3 Å². The average molecular weight is 341 g/mol. The van der Waals surface area contributed by atoms with Gasteiger partial charge in [0.2, 0.25) is 0 Å². The maximum atomic E-state index is 9.86. The van der Waals surface area contributed by atoms with E-state index in [1.165, 1.54) is 24.8 Å². The Morgan fingerprint density at radius 2 is 1.88 bits per heavy atom. The van der Waals surface area contributed by atoms with Gasteiger partial charge < -0.3 is 9.84 Å². The predicted octanol–water partition coefficient (Wildman–Crippen LogP) is 5.37. The first-order valence-electron chi connectivity index (χ1n) is 9.64. The molecule has 1 rings (SSSR count). The monoisotopic (exact) mass is 340 g/mol. The van der Waals surface area contributed by atoms with E-state index in [4.69, 9.17) is 0 Å². The summed E-state index contributed by atoms with van der Waals surface area (Å²) in [4.78, 5) is 9.86. The highest BCUT2D eigenvalue weighted by Gasteiger charge is 2.28. The van der Waals surface area contributed by atoms with Gasteiger partial charge in [0.25, 0.3) is 6.47 Å². The topological polar surface area (TPSA) is 46.5 Å². The number of hydrogen-bond acceptors (Lipinski definition) is 3. The smallest absolute Gasteiger partial charge is 0.293 e. The van der Waals surface area contributed by atoms with Crippen LogP contribution in [0.15, 0.2) is 11.6 Å². The van der Waals surface area contributed by atoms with E-state index >= 15 is 0 Å². The van der Waals surface area contributed by atoms with Crippen molar-refractivity contribution in [1.82, 2.24) is 0 Å². The van der Waals surface area contributed by atoms with Crippen LogP contribution in [0.4, 0.5) is 0 Å². The highest BCUT2D eigenvalue weighted by Crippen LogP contribution is 2.33. The lowest BCUT2D eigenvalue weighted by atomic mass is 9.75. The summed E-state index contributed by atoms with van der Waals surface area (Å²) in [6, 6.07) is 0. The minimum Gasteiger partial charge on any atom is -0.468 e. The molecule has 0 aliphatic heterocycles. The van der Waals surface area contributed by atoms with Gasteiger partial charge in [-0.05, 0) is 69.6 Å². The van der Waals surface area contributed by atoms with E-state index in [2.05, 4.69) is 52.4 Å². The molecule has 3 heteroatoms. The molecule has 0 saturated heterocycles. The Morgan fingerprint density at radius 1 is 1.21 bits per heavy atom. The summed E-state index contributed by atoms with van der Waals surface area (Å²) < 4.78 is 4.64. The van der Waals surface area contributed by atoms with E-state index in [-0.39, 0.29) is 6.10 Å². The average Bonchev–Trinajstić information content (AvgIpc) is 2.47. The van der Waals surface area contributed by atoms with Crippen molar-refractivity contribution in [3.8, 4) is 0 Å². The number of aliphatic hydroxyl groups is 1. The molecule has 0 bridgehead atoms. The lowest BCUT2D eigenvalue weighted by Crippen LogP contribution is -2.31. The summed E-state index contributed by atoms with van der Waals surface area (Å²) >= 11 is 0. The zero-order chi connectivity index (χ0) is 18.5. The van der Waals surface area contributed by atoms with Gasteiger partial charge in [0, 0.05) is 0 Å². The Balaban J connectivity index is 0.000000446. The molecule has 1 aliphatic rings. The molecule has 0 aromatic carbocycles. The molecule has 1 aliphatic carbocycles. The number of ether oxygens (including phenoxy) is 1. The van der Waals surface area contributed by atoms with Crippen molar-refractivity contribution in [2.75, 3.05) is 6.61 Å². The van der Waals surface area contributed by atoms with Crippen LogP contribution in [-0.2, 0) is 9.53 Å². The molecule has 3 nitrogen and oxygen atoms in total. The highest BCUT2D eigenvalue weighted by molar-refractivity contribution is 5.36. The van der Waals surface area contributed by atoms with Gasteiger partial charge in [-0.25, -0.2) is 0 Å². The normalized spacial score (nSPS) is 24.6. The van der Waals surface area contributed by atoms with Crippen LogP contribution in [0.25, 0.3) is 0 Å². The first-order chi connectivity index (χ1) is 11.3. The van der Waals surface area contributed by atoms with Crippen LogP contribution < -0.4 is 0 Å². The second-order valence-corrected chi connectivity index (χ2v) is 8.11. The van der Waals surface area contributed by atoms with Crippen molar-refractivity contribution in [1.29, 1.82) is 0 Å². The zero-order valence-corrected chi connectivity index (χ0v) is 16.8. The van der Waals surface area contributed by atoms with E-state index in [1.54, 1.807) is 0 Å². The van der Waals surface area contributed by atoms with Crippen LogP contribution in [0, 0.1) is 23.7 Å². The van der Waals surface area contributed by atoms with Crippen molar-refractivity contribution >= 4 is 6.47 Å². The Bertz CT molecular complexity index is 345. The molecular weight excluding hydrogens is 300 g/mol. The van der Waals surface area contributed by atoms with Crippen LogP contribution in [0.3, 0.4) is 0 Å². The van der Waals surface area contributed by atoms with Crippen molar-refractivity contribution in [3.63, 3.8) is 0 Å². The number of aliphatic hydroxyl groups excluding tert-OH is 1. The number of carbonyl (C=O) groups is 1. The standard InChI is InChI=1S/C11H20O2.C10H20O/c1-10(2)5-4-6-11(3)7-8-13-9-12;1-7(2)9-5-4-8(3)6-10(9)11/h5,9,11H,4,6-8H2,1-3H3;7-11H,4-6H2,1-3H3. The van der Waals surface area contributed by atoms with E-state index in [0.29, 0.717) is 30.8 Å². The fraction of sp³-hybridized carbons (Fsp3) is 0.857. The maximum absolute atomic E-state index is 9.86. The minimum absolute atomic E-state index is 0.0289. The van der Waals surface area contributed by atoms with Gasteiger partial charge in [-0.3, -0.25) is 4.79 Å². The largest absolute Gasteiger partial charge is 0.468 e. The van der Waals surface area contributed by atoms with Crippen LogP contribution in [0.1, 0.15) is 80.1 Å². The molecule has 1 saturated carbocycles. The Hall–Kier alpha value is -0.830. The van der Waals surface area contributed by atoms with Crippen molar-refractivity contribution < 1.29 is 14.6 Å². The quantitative estimate of drug-likeness (QED) is 0.367. The van der Waals surface area contributed by atoms with Gasteiger partial charge in [0.15, 0.2) is 0 Å². The molecule has 4 atom stereocenters. The summed E-state index contributed by atoms with van der Waals surface area (Å²) in [5, 5.41) is 9.71. The summed E-state index contributed by atoms with van der Waals surface area (Å²) in [5.41, 5.74) is 1.37. The second-order valence-electron chi connectivity index (χ2n) is 8.11. The lowest BCUT2D eigenvalue weighted by molar-refractivity contribution is -0.129. The summed E-state index contributed by atoms with van der Waals surface area (Å²) in [5.74, 6) is 2.58. The molecule has 4 unspecified atom stereocenters. The number of carbonyl (C=O) groups excluding carboxylic acids is 1. The van der Waals surface area contributed by atoms with E-state index in [0.717, 1.165) is 25.2 Å². The molecule has 0 aromatic heterocycles. The van der Waals surface area contributed by atoms with E-state index in [1.807, 2.05) is 0 Å². The number of allylic oxidation sites excluding steroid dienone is 2. The molecule has 0 amide bonds. The van der Waals surface area contributed by atoms with E-state index < -0.39 is 0 Å². The molecule has 0 aromatic rings. The van der Waals surface area contributed by atoms with Crippen LogP contribution >= 0.6 is 0 Å². The minimum atomic E-state index is -0.0289.